The Bertz CT molecular complexity index is 384. The van der Waals surface area contributed by atoms with Gasteiger partial charge < -0.3 is 9.73 Å². The van der Waals surface area contributed by atoms with Crippen LogP contribution in [0.5, 0.6) is 0 Å². The molecule has 7 heteroatoms. The highest BCUT2D eigenvalue weighted by molar-refractivity contribution is 9.10. The third-order valence-corrected chi connectivity index (χ3v) is 2.01. The Hall–Kier alpha value is -1.46. The number of rotatable bonds is 5. The molecule has 0 radical (unpaired) electrons. The molecule has 1 heterocycles. The maximum absolute atomic E-state index is 11.4. The van der Waals surface area contributed by atoms with Crippen LogP contribution in [-0.2, 0) is 0 Å². The Labute approximate surface area is 94.4 Å². The van der Waals surface area contributed by atoms with Crippen LogP contribution in [0.15, 0.2) is 26.3 Å². The lowest BCUT2D eigenvalue weighted by atomic mass is 10.4. The number of nitrogens with one attached hydrogen (secondary N) is 1. The zero-order valence-corrected chi connectivity index (χ0v) is 9.40. The fraction of sp³-hybridized carbons (Fsp3) is 0.375. The molecule has 0 aliphatic carbocycles. The second-order valence-corrected chi connectivity index (χ2v) is 3.45. The van der Waals surface area contributed by atoms with Gasteiger partial charge in [-0.1, -0.05) is 5.11 Å². The van der Waals surface area contributed by atoms with Gasteiger partial charge >= 0.3 is 0 Å². The van der Waals surface area contributed by atoms with Crippen molar-refractivity contribution in [2.75, 3.05) is 13.1 Å². The average molecular weight is 273 g/mol. The highest BCUT2D eigenvalue weighted by Crippen LogP contribution is 2.13. The van der Waals surface area contributed by atoms with Crippen LogP contribution in [0.25, 0.3) is 10.4 Å². The zero-order valence-electron chi connectivity index (χ0n) is 7.81. The molecule has 15 heavy (non-hydrogen) atoms. The van der Waals surface area contributed by atoms with E-state index in [-0.39, 0.29) is 11.7 Å². The van der Waals surface area contributed by atoms with Crippen LogP contribution in [0.1, 0.15) is 17.0 Å². The minimum Gasteiger partial charge on any atom is -0.444 e. The number of hydrogen-bond acceptors (Lipinski definition) is 3. The Morgan fingerprint density at radius 1 is 1.67 bits per heavy atom. The maximum Gasteiger partial charge on any atom is 0.287 e. The van der Waals surface area contributed by atoms with Crippen LogP contribution >= 0.6 is 15.9 Å². The smallest absolute Gasteiger partial charge is 0.287 e. The molecule has 0 fully saturated rings. The lowest BCUT2D eigenvalue weighted by Gasteiger charge is -2.00. The minimum absolute atomic E-state index is 0.255. The molecular formula is C8H9BrN4O2. The molecule has 6 nitrogen and oxygen atoms in total. The topological polar surface area (TPSA) is 91.0 Å². The quantitative estimate of drug-likeness (QED) is 0.386. The van der Waals surface area contributed by atoms with Crippen molar-refractivity contribution in [2.45, 2.75) is 6.42 Å². The van der Waals surface area contributed by atoms with Crippen LogP contribution in [0.2, 0.25) is 0 Å². The molecule has 1 N–H and O–H groups in total. The van der Waals surface area contributed by atoms with Gasteiger partial charge in [-0.15, -0.1) is 0 Å². The van der Waals surface area contributed by atoms with E-state index in [2.05, 4.69) is 31.3 Å². The Morgan fingerprint density at radius 2 is 2.47 bits per heavy atom. The summed E-state index contributed by atoms with van der Waals surface area (Å²) in [5, 5.41) is 5.98. The van der Waals surface area contributed by atoms with Crippen LogP contribution in [0, 0.1) is 0 Å². The number of carbonyl (C=O) groups excluding carboxylic acids is 1. The summed E-state index contributed by atoms with van der Waals surface area (Å²) >= 11 is 3.10. The first kappa shape index (κ1) is 11.6. The van der Waals surface area contributed by atoms with E-state index in [0.717, 1.165) is 0 Å². The van der Waals surface area contributed by atoms with Crippen molar-refractivity contribution < 1.29 is 9.21 Å². The van der Waals surface area contributed by atoms with Crippen molar-refractivity contribution in [3.63, 3.8) is 0 Å². The molecule has 1 aromatic rings. The van der Waals surface area contributed by atoms with E-state index in [0.29, 0.717) is 24.2 Å². The first-order valence-electron chi connectivity index (χ1n) is 4.28. The van der Waals surface area contributed by atoms with E-state index >= 15 is 0 Å². The monoisotopic (exact) mass is 272 g/mol. The summed E-state index contributed by atoms with van der Waals surface area (Å²) < 4.78 is 5.56. The number of halogens is 1. The Morgan fingerprint density at radius 3 is 3.07 bits per heavy atom. The predicted molar refractivity (Wildman–Crippen MR) is 57.4 cm³/mol. The van der Waals surface area contributed by atoms with Gasteiger partial charge in [0.1, 0.15) is 0 Å². The molecule has 0 aliphatic heterocycles. The number of furan rings is 1. The average Bonchev–Trinajstić information content (AvgIpc) is 2.64. The van der Waals surface area contributed by atoms with Crippen LogP contribution in [0.4, 0.5) is 0 Å². The molecule has 1 rings (SSSR count). The van der Waals surface area contributed by atoms with Gasteiger partial charge in [-0.05, 0) is 40.0 Å². The van der Waals surface area contributed by atoms with Crippen molar-refractivity contribution in [3.05, 3.63) is 33.0 Å². The largest absolute Gasteiger partial charge is 0.444 e. The third kappa shape index (κ3) is 4.05. The van der Waals surface area contributed by atoms with Crippen molar-refractivity contribution >= 4 is 21.8 Å². The number of azide groups is 1. The normalized spacial score (nSPS) is 9.40. The summed E-state index contributed by atoms with van der Waals surface area (Å²) in [6, 6.07) is 3.22. The highest BCUT2D eigenvalue weighted by Gasteiger charge is 2.08. The standard InChI is InChI=1S/C8H9BrN4O2/c9-7-3-2-6(15-7)8(14)11-4-1-5-12-13-10/h2-3H,1,4-5H2,(H,11,14). The molecule has 1 amide bonds. The summed E-state index contributed by atoms with van der Waals surface area (Å²) in [7, 11) is 0. The van der Waals surface area contributed by atoms with Crippen molar-refractivity contribution in [1.29, 1.82) is 0 Å². The second-order valence-electron chi connectivity index (χ2n) is 2.67. The van der Waals surface area contributed by atoms with Gasteiger partial charge in [0.2, 0.25) is 0 Å². The zero-order chi connectivity index (χ0) is 11.1. The summed E-state index contributed by atoms with van der Waals surface area (Å²) in [6.07, 6.45) is 0.609. The highest BCUT2D eigenvalue weighted by atomic mass is 79.9. The lowest BCUT2D eigenvalue weighted by Crippen LogP contribution is -2.24. The fourth-order valence-electron chi connectivity index (χ4n) is 0.920. The van der Waals surface area contributed by atoms with Gasteiger partial charge in [-0.2, -0.15) is 0 Å². The number of nitrogens with zero attached hydrogens (tertiary/aromatic N) is 3. The fourth-order valence-corrected chi connectivity index (χ4v) is 1.23. The van der Waals surface area contributed by atoms with Gasteiger partial charge in [0.05, 0.1) is 0 Å². The second kappa shape index (κ2) is 6.10. The molecule has 0 aromatic carbocycles. The summed E-state index contributed by atoms with van der Waals surface area (Å²) in [6.45, 7) is 0.828. The van der Waals surface area contributed by atoms with Gasteiger partial charge in [0.15, 0.2) is 10.4 Å². The maximum atomic E-state index is 11.4. The molecule has 0 spiro atoms. The third-order valence-electron chi connectivity index (χ3n) is 1.58. The molecule has 0 atom stereocenters. The molecule has 0 saturated carbocycles. The van der Waals surface area contributed by atoms with Gasteiger partial charge in [0, 0.05) is 18.0 Å². The molecule has 1 aromatic heterocycles. The van der Waals surface area contributed by atoms with Crippen LogP contribution in [-0.4, -0.2) is 19.0 Å². The molecular weight excluding hydrogens is 264 g/mol. The molecule has 0 aliphatic rings. The lowest BCUT2D eigenvalue weighted by molar-refractivity contribution is 0.0924. The van der Waals surface area contributed by atoms with Crippen LogP contribution < -0.4 is 5.32 Å². The first-order valence-corrected chi connectivity index (χ1v) is 5.07. The van der Waals surface area contributed by atoms with E-state index in [1.165, 1.54) is 0 Å². The molecule has 0 saturated heterocycles. The number of hydrogen-bond donors (Lipinski definition) is 1. The van der Waals surface area contributed by atoms with E-state index in [4.69, 9.17) is 9.95 Å². The molecule has 80 valence electrons. The van der Waals surface area contributed by atoms with Gasteiger partial charge in [0.25, 0.3) is 5.91 Å². The number of carbonyl (C=O) groups is 1. The first-order chi connectivity index (χ1) is 7.24. The van der Waals surface area contributed by atoms with E-state index in [1.54, 1.807) is 12.1 Å². The predicted octanol–water partition coefficient (Wildman–Crippen LogP) is 2.47. The molecule has 0 unspecified atom stereocenters. The van der Waals surface area contributed by atoms with E-state index < -0.39 is 0 Å². The Kier molecular flexibility index (Phi) is 4.73. The SMILES string of the molecule is [N-]=[N+]=NCCCNC(=O)c1ccc(Br)o1. The number of amides is 1. The van der Waals surface area contributed by atoms with E-state index in [1.807, 2.05) is 0 Å². The Balaban J connectivity index is 2.27. The van der Waals surface area contributed by atoms with Crippen molar-refractivity contribution in [2.24, 2.45) is 5.11 Å². The summed E-state index contributed by atoms with van der Waals surface area (Å²) in [4.78, 5) is 14.0. The molecule has 0 bridgehead atoms. The van der Waals surface area contributed by atoms with Crippen molar-refractivity contribution in [1.82, 2.24) is 5.32 Å². The van der Waals surface area contributed by atoms with Gasteiger partial charge in [-0.3, -0.25) is 4.79 Å². The minimum atomic E-state index is -0.276. The summed E-state index contributed by atoms with van der Waals surface area (Å²) in [5.41, 5.74) is 8.01. The van der Waals surface area contributed by atoms with Gasteiger partial charge in [-0.25, -0.2) is 0 Å². The van der Waals surface area contributed by atoms with Crippen molar-refractivity contribution in [3.8, 4) is 0 Å². The van der Waals surface area contributed by atoms with E-state index in [9.17, 15) is 4.79 Å². The van der Waals surface area contributed by atoms with Crippen LogP contribution in [0.3, 0.4) is 0 Å². The summed E-state index contributed by atoms with van der Waals surface area (Å²) in [5.74, 6) is -0.0210.